The molecule has 26 heavy (non-hydrogen) atoms. The van der Waals surface area contributed by atoms with Crippen molar-refractivity contribution >= 4 is 34.7 Å². The second-order valence-electron chi connectivity index (χ2n) is 6.07. The molecule has 1 aromatic carbocycles. The van der Waals surface area contributed by atoms with Gasteiger partial charge in [-0.05, 0) is 18.6 Å². The van der Waals surface area contributed by atoms with Crippen LogP contribution in [0.1, 0.15) is 40.1 Å². The van der Waals surface area contributed by atoms with Crippen molar-refractivity contribution in [3.05, 3.63) is 39.8 Å². The number of hydrogen-bond donors (Lipinski definition) is 2. The van der Waals surface area contributed by atoms with Crippen LogP contribution in [0.15, 0.2) is 24.3 Å². The SMILES string of the molecule is CCCCOC(=O)N1CCc2nc(C(=O)Nc3ccccc3N)sc2C1. The van der Waals surface area contributed by atoms with Crippen LogP contribution in [0.3, 0.4) is 0 Å². The van der Waals surface area contributed by atoms with Gasteiger partial charge in [0.25, 0.3) is 5.91 Å². The van der Waals surface area contributed by atoms with Gasteiger partial charge in [-0.15, -0.1) is 11.3 Å². The van der Waals surface area contributed by atoms with E-state index in [-0.39, 0.29) is 12.0 Å². The molecule has 2 amide bonds. The number of nitrogens with one attached hydrogen (secondary N) is 1. The number of nitrogens with zero attached hydrogens (tertiary/aromatic N) is 2. The molecule has 0 atom stereocenters. The van der Waals surface area contributed by atoms with E-state index in [1.165, 1.54) is 11.3 Å². The molecule has 138 valence electrons. The van der Waals surface area contributed by atoms with E-state index in [9.17, 15) is 9.59 Å². The van der Waals surface area contributed by atoms with E-state index in [0.29, 0.717) is 42.5 Å². The minimum atomic E-state index is -0.305. The standard InChI is InChI=1S/C18H22N4O3S/c1-2-3-10-25-18(24)22-9-8-14-15(11-22)26-17(21-14)16(23)20-13-7-5-4-6-12(13)19/h4-7H,2-3,8-11,19H2,1H3,(H,20,23). The predicted octanol–water partition coefficient (Wildman–Crippen LogP) is 3.27. The van der Waals surface area contributed by atoms with Crippen molar-refractivity contribution in [3.8, 4) is 0 Å². The molecule has 0 bridgehead atoms. The maximum Gasteiger partial charge on any atom is 0.410 e. The number of nitrogen functional groups attached to an aromatic ring is 1. The van der Waals surface area contributed by atoms with Crippen LogP contribution in [-0.2, 0) is 17.7 Å². The lowest BCUT2D eigenvalue weighted by Gasteiger charge is -2.25. The molecule has 2 heterocycles. The lowest BCUT2D eigenvalue weighted by atomic mass is 10.2. The van der Waals surface area contributed by atoms with Crippen LogP contribution in [-0.4, -0.2) is 35.0 Å². The summed E-state index contributed by atoms with van der Waals surface area (Å²) in [5.74, 6) is -0.292. The molecule has 0 unspecified atom stereocenters. The van der Waals surface area contributed by atoms with E-state index in [0.717, 1.165) is 23.4 Å². The Kier molecular flexibility index (Phi) is 5.72. The van der Waals surface area contributed by atoms with Crippen molar-refractivity contribution in [2.45, 2.75) is 32.7 Å². The summed E-state index contributed by atoms with van der Waals surface area (Å²) in [7, 11) is 0. The predicted molar refractivity (Wildman–Crippen MR) is 101 cm³/mol. The zero-order chi connectivity index (χ0) is 18.5. The molecule has 3 rings (SSSR count). The number of amides is 2. The Morgan fingerprint density at radius 3 is 2.96 bits per heavy atom. The van der Waals surface area contributed by atoms with E-state index < -0.39 is 0 Å². The number of carbonyl (C=O) groups is 2. The van der Waals surface area contributed by atoms with Gasteiger partial charge in [0.15, 0.2) is 5.01 Å². The molecule has 0 spiro atoms. The Balaban J connectivity index is 1.64. The molecular formula is C18H22N4O3S. The Morgan fingerprint density at radius 1 is 1.38 bits per heavy atom. The van der Waals surface area contributed by atoms with Gasteiger partial charge in [-0.3, -0.25) is 4.79 Å². The van der Waals surface area contributed by atoms with E-state index in [1.54, 1.807) is 29.2 Å². The van der Waals surface area contributed by atoms with Gasteiger partial charge in [0, 0.05) is 17.8 Å². The molecule has 1 aliphatic heterocycles. The van der Waals surface area contributed by atoms with Crippen molar-refractivity contribution in [1.82, 2.24) is 9.88 Å². The van der Waals surface area contributed by atoms with Crippen molar-refractivity contribution in [2.24, 2.45) is 0 Å². The third-order valence-electron chi connectivity index (χ3n) is 4.12. The third kappa shape index (κ3) is 4.13. The minimum absolute atomic E-state index is 0.292. The van der Waals surface area contributed by atoms with Crippen LogP contribution in [0.25, 0.3) is 0 Å². The number of fused-ring (bicyclic) bond motifs is 1. The largest absolute Gasteiger partial charge is 0.449 e. The summed E-state index contributed by atoms with van der Waals surface area (Å²) < 4.78 is 5.26. The Bertz CT molecular complexity index is 805. The zero-order valence-electron chi connectivity index (χ0n) is 14.7. The number of carbonyl (C=O) groups excluding carboxylic acids is 2. The lowest BCUT2D eigenvalue weighted by Crippen LogP contribution is -2.36. The van der Waals surface area contributed by atoms with Crippen LogP contribution < -0.4 is 11.1 Å². The third-order valence-corrected chi connectivity index (χ3v) is 5.20. The highest BCUT2D eigenvalue weighted by atomic mass is 32.1. The summed E-state index contributed by atoms with van der Waals surface area (Å²) >= 11 is 1.30. The van der Waals surface area contributed by atoms with Crippen LogP contribution in [0.5, 0.6) is 0 Å². The van der Waals surface area contributed by atoms with Gasteiger partial charge in [0.2, 0.25) is 0 Å². The minimum Gasteiger partial charge on any atom is -0.449 e. The number of thiazole rings is 1. The molecule has 0 fully saturated rings. The first-order valence-electron chi connectivity index (χ1n) is 8.64. The average molecular weight is 374 g/mol. The van der Waals surface area contributed by atoms with Crippen LogP contribution >= 0.6 is 11.3 Å². The van der Waals surface area contributed by atoms with Crippen molar-refractivity contribution in [1.29, 1.82) is 0 Å². The molecule has 0 radical (unpaired) electrons. The summed E-state index contributed by atoms with van der Waals surface area (Å²) in [6.07, 6.45) is 2.16. The molecule has 0 saturated heterocycles. The van der Waals surface area contributed by atoms with E-state index in [2.05, 4.69) is 10.3 Å². The van der Waals surface area contributed by atoms with Crippen LogP contribution in [0.4, 0.5) is 16.2 Å². The summed E-state index contributed by atoms with van der Waals surface area (Å²) in [5, 5.41) is 3.16. The fourth-order valence-electron chi connectivity index (χ4n) is 2.63. The molecule has 3 N–H and O–H groups in total. The zero-order valence-corrected chi connectivity index (χ0v) is 15.5. The number of hydrogen-bond acceptors (Lipinski definition) is 6. The summed E-state index contributed by atoms with van der Waals surface area (Å²) in [6, 6.07) is 7.08. The average Bonchev–Trinajstić information content (AvgIpc) is 3.07. The first kappa shape index (κ1) is 18.2. The summed E-state index contributed by atoms with van der Waals surface area (Å²) in [6.45, 7) is 3.47. The topological polar surface area (TPSA) is 97.5 Å². The second-order valence-corrected chi connectivity index (χ2v) is 7.15. The highest BCUT2D eigenvalue weighted by molar-refractivity contribution is 7.13. The maximum atomic E-state index is 12.4. The van der Waals surface area contributed by atoms with Gasteiger partial charge in [-0.2, -0.15) is 0 Å². The van der Waals surface area contributed by atoms with Gasteiger partial charge in [-0.25, -0.2) is 9.78 Å². The number of ether oxygens (including phenoxy) is 1. The highest BCUT2D eigenvalue weighted by Gasteiger charge is 2.26. The maximum absolute atomic E-state index is 12.4. The summed E-state index contributed by atoms with van der Waals surface area (Å²) in [4.78, 5) is 31.6. The number of anilines is 2. The number of rotatable bonds is 5. The van der Waals surface area contributed by atoms with Crippen LogP contribution in [0.2, 0.25) is 0 Å². The molecule has 1 aromatic heterocycles. The monoisotopic (exact) mass is 374 g/mol. The Hall–Kier alpha value is -2.61. The number of para-hydroxylation sites is 2. The van der Waals surface area contributed by atoms with Crippen LogP contribution in [0, 0.1) is 0 Å². The number of unbranched alkanes of at least 4 members (excludes halogenated alkanes) is 1. The molecule has 1 aliphatic rings. The molecule has 2 aromatic rings. The smallest absolute Gasteiger partial charge is 0.410 e. The first-order chi connectivity index (χ1) is 12.6. The molecule has 7 nitrogen and oxygen atoms in total. The van der Waals surface area contributed by atoms with Crippen molar-refractivity contribution in [2.75, 3.05) is 24.2 Å². The lowest BCUT2D eigenvalue weighted by molar-refractivity contribution is 0.0967. The molecule has 8 heteroatoms. The molecule has 0 aliphatic carbocycles. The van der Waals surface area contributed by atoms with E-state index in [4.69, 9.17) is 10.5 Å². The van der Waals surface area contributed by atoms with Gasteiger partial charge >= 0.3 is 6.09 Å². The number of nitrogens with two attached hydrogens (primary N) is 1. The highest BCUT2D eigenvalue weighted by Crippen LogP contribution is 2.27. The van der Waals surface area contributed by atoms with E-state index >= 15 is 0 Å². The number of aromatic nitrogens is 1. The summed E-state index contributed by atoms with van der Waals surface area (Å²) in [5.41, 5.74) is 7.79. The first-order valence-corrected chi connectivity index (χ1v) is 9.46. The molecule has 0 saturated carbocycles. The van der Waals surface area contributed by atoms with Crippen molar-refractivity contribution in [3.63, 3.8) is 0 Å². The normalized spacial score (nSPS) is 13.2. The Labute approximate surface area is 156 Å². The second kappa shape index (κ2) is 8.18. The fourth-order valence-corrected chi connectivity index (χ4v) is 3.65. The Morgan fingerprint density at radius 2 is 2.19 bits per heavy atom. The van der Waals surface area contributed by atoms with E-state index in [1.807, 2.05) is 6.92 Å². The molecular weight excluding hydrogens is 352 g/mol. The quantitative estimate of drug-likeness (QED) is 0.618. The van der Waals surface area contributed by atoms with Gasteiger partial charge in [-0.1, -0.05) is 25.5 Å². The number of benzene rings is 1. The van der Waals surface area contributed by atoms with Gasteiger partial charge in [0.05, 0.1) is 30.2 Å². The fraction of sp³-hybridized carbons (Fsp3) is 0.389. The van der Waals surface area contributed by atoms with Gasteiger partial charge < -0.3 is 20.7 Å². The van der Waals surface area contributed by atoms with Gasteiger partial charge in [0.1, 0.15) is 0 Å². The van der Waals surface area contributed by atoms with Crippen molar-refractivity contribution < 1.29 is 14.3 Å².